The van der Waals surface area contributed by atoms with E-state index in [1.807, 2.05) is 6.08 Å². The van der Waals surface area contributed by atoms with Crippen molar-refractivity contribution in [1.29, 1.82) is 0 Å². The smallest absolute Gasteiger partial charge is 0.145 e. The number of carbonyl (C=O) groups excluding carboxylic acids is 2. The molecule has 1 aliphatic carbocycles. The van der Waals surface area contributed by atoms with Crippen LogP contribution < -0.4 is 0 Å². The van der Waals surface area contributed by atoms with Crippen LogP contribution in [0.2, 0.25) is 0 Å². The lowest BCUT2D eigenvalue weighted by atomic mass is 9.90. The van der Waals surface area contributed by atoms with Crippen LogP contribution >= 0.6 is 12.6 Å². The summed E-state index contributed by atoms with van der Waals surface area (Å²) < 4.78 is 0. The zero-order valence-corrected chi connectivity index (χ0v) is 14.5. The van der Waals surface area contributed by atoms with Crippen molar-refractivity contribution in [3.63, 3.8) is 0 Å². The summed E-state index contributed by atoms with van der Waals surface area (Å²) >= 11 is 4.40. The third-order valence-corrected chi connectivity index (χ3v) is 4.87. The Morgan fingerprint density at radius 1 is 1.00 bits per heavy atom. The van der Waals surface area contributed by atoms with Gasteiger partial charge in [0.1, 0.15) is 11.6 Å². The van der Waals surface area contributed by atoms with Crippen molar-refractivity contribution in [1.82, 2.24) is 0 Å². The van der Waals surface area contributed by atoms with Crippen molar-refractivity contribution >= 4 is 24.2 Å². The van der Waals surface area contributed by atoms with Gasteiger partial charge in [-0.15, -0.1) is 6.58 Å². The average Bonchev–Trinajstić information content (AvgIpc) is 2.50. The number of rotatable bonds is 2. The van der Waals surface area contributed by atoms with E-state index < -0.39 is 0 Å². The molecule has 0 spiro atoms. The summed E-state index contributed by atoms with van der Waals surface area (Å²) in [5.41, 5.74) is 0. The van der Waals surface area contributed by atoms with Gasteiger partial charge in [-0.3, -0.25) is 9.59 Å². The fourth-order valence-electron chi connectivity index (χ4n) is 2.90. The SMILES string of the molecule is C=CCC1CCCCCC=CCCC(S)C(=O)CCCC1=O. The number of ketones is 2. The van der Waals surface area contributed by atoms with Crippen LogP contribution in [0.5, 0.6) is 0 Å². The highest BCUT2D eigenvalue weighted by Crippen LogP contribution is 2.20. The molecule has 2 unspecified atom stereocenters. The molecule has 0 saturated heterocycles. The molecule has 0 aromatic heterocycles. The molecule has 1 aliphatic rings. The van der Waals surface area contributed by atoms with E-state index in [9.17, 15) is 9.59 Å². The molecule has 1 rings (SSSR count). The summed E-state index contributed by atoms with van der Waals surface area (Å²) in [7, 11) is 0. The number of carbonyl (C=O) groups is 2. The van der Waals surface area contributed by atoms with Gasteiger partial charge in [-0.2, -0.15) is 12.6 Å². The molecule has 0 aliphatic heterocycles. The lowest BCUT2D eigenvalue weighted by molar-refractivity contribution is -0.123. The van der Waals surface area contributed by atoms with Gasteiger partial charge in [0, 0.05) is 18.8 Å². The quantitative estimate of drug-likeness (QED) is 0.568. The first kappa shape index (κ1) is 19.2. The number of hydrogen-bond donors (Lipinski definition) is 1. The monoisotopic (exact) mass is 322 g/mol. The van der Waals surface area contributed by atoms with E-state index in [4.69, 9.17) is 0 Å². The summed E-state index contributed by atoms with van der Waals surface area (Å²) in [5, 5.41) is -0.184. The molecule has 0 fully saturated rings. The Morgan fingerprint density at radius 2 is 1.73 bits per heavy atom. The van der Waals surface area contributed by atoms with Crippen LogP contribution in [0.3, 0.4) is 0 Å². The van der Waals surface area contributed by atoms with Gasteiger partial charge in [0.15, 0.2) is 0 Å². The molecule has 0 saturated carbocycles. The Bertz CT molecular complexity index is 387. The molecular formula is C19H30O2S. The summed E-state index contributed by atoms with van der Waals surface area (Å²) in [6.45, 7) is 3.77. The highest BCUT2D eigenvalue weighted by molar-refractivity contribution is 7.81. The Balaban J connectivity index is 2.57. The van der Waals surface area contributed by atoms with Gasteiger partial charge in [-0.25, -0.2) is 0 Å². The second-order valence-electron chi connectivity index (χ2n) is 6.21. The van der Waals surface area contributed by atoms with Crippen LogP contribution in [0.1, 0.15) is 70.6 Å². The molecule has 0 bridgehead atoms. The first-order valence-corrected chi connectivity index (χ1v) is 9.16. The van der Waals surface area contributed by atoms with Gasteiger partial charge in [-0.05, 0) is 44.9 Å². The van der Waals surface area contributed by atoms with E-state index in [1.165, 1.54) is 12.8 Å². The first-order chi connectivity index (χ1) is 10.6. The predicted molar refractivity (Wildman–Crippen MR) is 96.4 cm³/mol. The molecule has 2 atom stereocenters. The van der Waals surface area contributed by atoms with Crippen molar-refractivity contribution in [2.45, 2.75) is 75.9 Å². The number of thiol groups is 1. The number of allylic oxidation sites excluding steroid dienone is 3. The van der Waals surface area contributed by atoms with Crippen molar-refractivity contribution < 1.29 is 9.59 Å². The topological polar surface area (TPSA) is 34.1 Å². The van der Waals surface area contributed by atoms with E-state index in [2.05, 4.69) is 31.4 Å². The van der Waals surface area contributed by atoms with E-state index in [0.717, 1.165) is 38.5 Å². The third-order valence-electron chi connectivity index (χ3n) is 4.32. The van der Waals surface area contributed by atoms with E-state index in [1.54, 1.807) is 0 Å². The minimum absolute atomic E-state index is 0.0999. The van der Waals surface area contributed by atoms with Gasteiger partial charge in [-0.1, -0.05) is 31.1 Å². The van der Waals surface area contributed by atoms with Crippen molar-refractivity contribution in [3.05, 3.63) is 24.8 Å². The van der Waals surface area contributed by atoms with Crippen LogP contribution in [0, 0.1) is 5.92 Å². The molecule has 2 nitrogen and oxygen atoms in total. The molecule has 0 aromatic carbocycles. The zero-order chi connectivity index (χ0) is 16.2. The molecule has 0 heterocycles. The standard InChI is InChI=1S/C19H30O2S/c1-2-11-16-12-8-6-4-3-5-7-9-15-19(22)18(21)14-10-13-17(16)20/h2,5,7,16,19,22H,1,3-4,6,8-15H2. The fourth-order valence-corrected chi connectivity index (χ4v) is 3.18. The van der Waals surface area contributed by atoms with Gasteiger partial charge in [0.25, 0.3) is 0 Å². The van der Waals surface area contributed by atoms with Crippen LogP contribution in [0.15, 0.2) is 24.8 Å². The Morgan fingerprint density at radius 3 is 2.50 bits per heavy atom. The van der Waals surface area contributed by atoms with Gasteiger partial charge < -0.3 is 0 Å². The van der Waals surface area contributed by atoms with Gasteiger partial charge >= 0.3 is 0 Å². The number of hydrogen-bond acceptors (Lipinski definition) is 3. The predicted octanol–water partition coefficient (Wildman–Crippen LogP) is 5.09. The fraction of sp³-hybridized carbons (Fsp3) is 0.684. The summed E-state index contributed by atoms with van der Waals surface area (Å²) in [5.74, 6) is 0.579. The number of Topliss-reactive ketones (excluding diaryl/α,β-unsaturated/α-hetero) is 2. The molecule has 22 heavy (non-hydrogen) atoms. The minimum Gasteiger partial charge on any atom is -0.299 e. The van der Waals surface area contributed by atoms with Crippen molar-refractivity contribution in [3.8, 4) is 0 Å². The molecule has 124 valence electrons. The second-order valence-corrected chi connectivity index (χ2v) is 6.83. The molecular weight excluding hydrogens is 292 g/mol. The lowest BCUT2D eigenvalue weighted by Crippen LogP contribution is -2.17. The Labute approximate surface area is 140 Å². The minimum atomic E-state index is -0.184. The Hall–Kier alpha value is -0.830. The maximum Gasteiger partial charge on any atom is 0.145 e. The van der Waals surface area contributed by atoms with Crippen LogP contribution in [-0.4, -0.2) is 16.8 Å². The molecule has 0 amide bonds. The van der Waals surface area contributed by atoms with Crippen molar-refractivity contribution in [2.24, 2.45) is 5.92 Å². The maximum absolute atomic E-state index is 12.3. The normalized spacial score (nSPS) is 26.8. The second kappa shape index (κ2) is 11.7. The molecule has 0 aromatic rings. The summed E-state index contributed by atoms with van der Waals surface area (Å²) in [6, 6.07) is 0. The average molecular weight is 323 g/mol. The van der Waals surface area contributed by atoms with E-state index >= 15 is 0 Å². The highest BCUT2D eigenvalue weighted by atomic mass is 32.1. The first-order valence-electron chi connectivity index (χ1n) is 8.64. The molecule has 0 radical (unpaired) electrons. The van der Waals surface area contributed by atoms with Gasteiger partial charge in [0.2, 0.25) is 0 Å². The third kappa shape index (κ3) is 7.98. The zero-order valence-electron chi connectivity index (χ0n) is 13.6. The van der Waals surface area contributed by atoms with Crippen molar-refractivity contribution in [2.75, 3.05) is 0 Å². The maximum atomic E-state index is 12.3. The van der Waals surface area contributed by atoms with E-state index in [-0.39, 0.29) is 17.0 Å². The highest BCUT2D eigenvalue weighted by Gasteiger charge is 2.18. The van der Waals surface area contributed by atoms with Gasteiger partial charge in [0.05, 0.1) is 5.25 Å². The summed E-state index contributed by atoms with van der Waals surface area (Å²) in [4.78, 5) is 24.3. The van der Waals surface area contributed by atoms with Crippen LogP contribution in [0.4, 0.5) is 0 Å². The Kier molecular flexibility index (Phi) is 10.2. The lowest BCUT2D eigenvalue weighted by Gasteiger charge is -2.14. The molecule has 0 N–H and O–H groups in total. The molecule has 3 heteroatoms. The van der Waals surface area contributed by atoms with Crippen LogP contribution in [0.25, 0.3) is 0 Å². The van der Waals surface area contributed by atoms with Crippen LogP contribution in [-0.2, 0) is 9.59 Å². The summed E-state index contributed by atoms with van der Waals surface area (Å²) in [6.07, 6.45) is 15.9. The largest absolute Gasteiger partial charge is 0.299 e. The van der Waals surface area contributed by atoms with E-state index in [0.29, 0.717) is 25.0 Å².